The van der Waals surface area contributed by atoms with Crippen molar-refractivity contribution in [2.45, 2.75) is 46.0 Å². The van der Waals surface area contributed by atoms with Crippen LogP contribution in [0.25, 0.3) is 0 Å². The minimum Gasteiger partial charge on any atom is -0.473 e. The van der Waals surface area contributed by atoms with Gasteiger partial charge in [0.1, 0.15) is 0 Å². The number of carbonyl (C=O) groups excluding carboxylic acids is 1. The molecule has 0 aromatic heterocycles. The molecule has 0 aromatic carbocycles. The second-order valence-electron chi connectivity index (χ2n) is 4.18. The zero-order chi connectivity index (χ0) is 15.1. The summed E-state index contributed by atoms with van der Waals surface area (Å²) in [5.74, 6) is -2.23. The standard InChI is InChI=1S/C6H12.C4H6O5.C4H8/c1-4-6(3)5-2;1-8-2-9-4(7)3(5)6;1-2-4-3-1/h4,6H,1,5H2,2-3H3;2H2,1H3,(H,5,6);1-4H2. The van der Waals surface area contributed by atoms with Crippen molar-refractivity contribution in [2.75, 3.05) is 13.9 Å². The Balaban J connectivity index is 0. The molecule has 1 aliphatic carbocycles. The Morgan fingerprint density at radius 3 is 1.95 bits per heavy atom. The molecule has 1 unspecified atom stereocenters. The average molecular weight is 274 g/mol. The third kappa shape index (κ3) is 16.6. The quantitative estimate of drug-likeness (QED) is 0.369. The molecule has 1 aliphatic rings. The Hall–Kier alpha value is -1.36. The third-order valence-corrected chi connectivity index (χ3v) is 2.53. The van der Waals surface area contributed by atoms with Gasteiger partial charge in [0.2, 0.25) is 0 Å². The molecule has 0 bridgehead atoms. The normalized spacial score (nSPS) is 13.4. The van der Waals surface area contributed by atoms with Gasteiger partial charge in [0.15, 0.2) is 6.79 Å². The van der Waals surface area contributed by atoms with Crippen LogP contribution in [-0.2, 0) is 19.1 Å². The largest absolute Gasteiger partial charge is 0.473 e. The summed E-state index contributed by atoms with van der Waals surface area (Å²) in [6.45, 7) is 7.62. The fraction of sp³-hybridized carbons (Fsp3) is 0.714. The number of carboxylic acid groups (broad SMARTS) is 1. The van der Waals surface area contributed by atoms with Gasteiger partial charge in [-0.3, -0.25) is 0 Å². The first-order chi connectivity index (χ1) is 8.99. The first-order valence-corrected chi connectivity index (χ1v) is 6.51. The number of hydrogen-bond donors (Lipinski definition) is 1. The van der Waals surface area contributed by atoms with E-state index in [9.17, 15) is 9.59 Å². The molecule has 0 radical (unpaired) electrons. The third-order valence-electron chi connectivity index (χ3n) is 2.53. The first-order valence-electron chi connectivity index (χ1n) is 6.51. The van der Waals surface area contributed by atoms with Gasteiger partial charge in [-0.15, -0.1) is 6.58 Å². The maximum absolute atomic E-state index is 10.00. The number of hydrogen-bond acceptors (Lipinski definition) is 4. The highest BCUT2D eigenvalue weighted by Gasteiger charge is 2.11. The molecule has 1 atom stereocenters. The predicted octanol–water partition coefficient (Wildman–Crippen LogP) is 3.00. The van der Waals surface area contributed by atoms with Gasteiger partial charge in [-0.25, -0.2) is 9.59 Å². The number of allylic oxidation sites excluding steroid dienone is 1. The van der Waals surface area contributed by atoms with E-state index in [0.29, 0.717) is 5.92 Å². The lowest BCUT2D eigenvalue weighted by atomic mass is 10.0. The Morgan fingerprint density at radius 2 is 1.79 bits per heavy atom. The lowest BCUT2D eigenvalue weighted by molar-refractivity contribution is -0.170. The molecule has 5 nitrogen and oxygen atoms in total. The van der Waals surface area contributed by atoms with Crippen LogP contribution in [0.15, 0.2) is 12.7 Å². The minimum atomic E-state index is -1.62. The van der Waals surface area contributed by atoms with Gasteiger partial charge in [0.05, 0.1) is 0 Å². The maximum atomic E-state index is 10.00. The highest BCUT2D eigenvalue weighted by atomic mass is 16.7. The van der Waals surface area contributed by atoms with Crippen LogP contribution in [0.4, 0.5) is 0 Å². The summed E-state index contributed by atoms with van der Waals surface area (Å²) in [5, 5.41) is 7.88. The molecule has 5 heteroatoms. The molecule has 0 amide bonds. The van der Waals surface area contributed by atoms with E-state index in [1.54, 1.807) is 0 Å². The van der Waals surface area contributed by atoms with E-state index in [-0.39, 0.29) is 6.79 Å². The summed E-state index contributed by atoms with van der Waals surface area (Å²) in [6.07, 6.45) is 9.18. The zero-order valence-electron chi connectivity index (χ0n) is 12.2. The average Bonchev–Trinajstić information content (AvgIpc) is 2.33. The molecule has 19 heavy (non-hydrogen) atoms. The predicted molar refractivity (Wildman–Crippen MR) is 73.7 cm³/mol. The summed E-state index contributed by atoms with van der Waals surface area (Å²) in [5.41, 5.74) is 0. The fourth-order valence-electron chi connectivity index (χ4n) is 0.591. The van der Waals surface area contributed by atoms with Gasteiger partial charge < -0.3 is 14.6 Å². The number of rotatable bonds is 4. The molecule has 0 aliphatic heterocycles. The van der Waals surface area contributed by atoms with Crippen LogP contribution < -0.4 is 0 Å². The van der Waals surface area contributed by atoms with Crippen LogP contribution in [0.3, 0.4) is 0 Å². The van der Waals surface area contributed by atoms with Crippen molar-refractivity contribution >= 4 is 11.9 Å². The van der Waals surface area contributed by atoms with E-state index >= 15 is 0 Å². The van der Waals surface area contributed by atoms with Gasteiger partial charge in [-0.2, -0.15) is 0 Å². The van der Waals surface area contributed by atoms with E-state index < -0.39 is 11.9 Å². The molecular weight excluding hydrogens is 248 g/mol. The maximum Gasteiger partial charge on any atom is 0.419 e. The Morgan fingerprint density at radius 1 is 1.32 bits per heavy atom. The van der Waals surface area contributed by atoms with Crippen LogP contribution in [0, 0.1) is 5.92 Å². The molecule has 112 valence electrons. The smallest absolute Gasteiger partial charge is 0.419 e. The van der Waals surface area contributed by atoms with E-state index in [4.69, 9.17) is 5.11 Å². The number of aliphatic carboxylic acids is 1. The summed E-state index contributed by atoms with van der Waals surface area (Å²) < 4.78 is 8.25. The molecule has 0 saturated heterocycles. The Bertz CT molecular complexity index is 242. The lowest BCUT2D eigenvalue weighted by Crippen LogP contribution is -2.17. The Kier molecular flexibility index (Phi) is 15.4. The van der Waals surface area contributed by atoms with Crippen molar-refractivity contribution in [1.29, 1.82) is 0 Å². The van der Waals surface area contributed by atoms with Crippen molar-refractivity contribution in [2.24, 2.45) is 5.92 Å². The van der Waals surface area contributed by atoms with Gasteiger partial charge in [0.25, 0.3) is 0 Å². The fourth-order valence-corrected chi connectivity index (χ4v) is 0.591. The molecular formula is C14H26O5. The van der Waals surface area contributed by atoms with Crippen LogP contribution in [0.2, 0.25) is 0 Å². The van der Waals surface area contributed by atoms with Crippen molar-refractivity contribution in [3.8, 4) is 0 Å². The Labute approximate surface area is 115 Å². The van der Waals surface area contributed by atoms with E-state index in [2.05, 4.69) is 29.9 Å². The van der Waals surface area contributed by atoms with Gasteiger partial charge in [-0.1, -0.05) is 52.0 Å². The molecule has 0 aromatic rings. The van der Waals surface area contributed by atoms with Crippen LogP contribution in [-0.4, -0.2) is 30.9 Å². The number of carbonyl (C=O) groups is 2. The van der Waals surface area contributed by atoms with Crippen LogP contribution in [0.5, 0.6) is 0 Å². The molecule has 1 rings (SSSR count). The summed E-state index contributed by atoms with van der Waals surface area (Å²) >= 11 is 0. The molecule has 1 N–H and O–H groups in total. The van der Waals surface area contributed by atoms with E-state index in [0.717, 1.165) is 0 Å². The molecule has 0 heterocycles. The summed E-state index contributed by atoms with van der Waals surface area (Å²) in [7, 11) is 1.29. The summed E-state index contributed by atoms with van der Waals surface area (Å²) in [6, 6.07) is 0. The van der Waals surface area contributed by atoms with E-state index in [1.807, 2.05) is 6.08 Å². The van der Waals surface area contributed by atoms with Crippen molar-refractivity contribution in [1.82, 2.24) is 0 Å². The van der Waals surface area contributed by atoms with Crippen molar-refractivity contribution < 1.29 is 24.2 Å². The number of ether oxygens (including phenoxy) is 2. The second kappa shape index (κ2) is 14.7. The van der Waals surface area contributed by atoms with E-state index in [1.165, 1.54) is 39.2 Å². The second-order valence-corrected chi connectivity index (χ2v) is 4.18. The van der Waals surface area contributed by atoms with Gasteiger partial charge >= 0.3 is 11.9 Å². The molecule has 1 fully saturated rings. The topological polar surface area (TPSA) is 72.8 Å². The number of methoxy groups -OCH3 is 1. The highest BCUT2D eigenvalue weighted by Crippen LogP contribution is 2.15. The highest BCUT2D eigenvalue weighted by molar-refractivity contribution is 6.28. The number of carboxylic acids is 1. The SMILES string of the molecule is C1CCC1.C=CC(C)CC.COCOC(=O)C(=O)O. The van der Waals surface area contributed by atoms with Crippen molar-refractivity contribution in [3.63, 3.8) is 0 Å². The van der Waals surface area contributed by atoms with Gasteiger partial charge in [0, 0.05) is 7.11 Å². The minimum absolute atomic E-state index is 0.328. The van der Waals surface area contributed by atoms with Crippen LogP contribution >= 0.6 is 0 Å². The molecule has 0 spiro atoms. The van der Waals surface area contributed by atoms with Gasteiger partial charge in [-0.05, 0) is 5.92 Å². The summed E-state index contributed by atoms with van der Waals surface area (Å²) in [4.78, 5) is 19.7. The van der Waals surface area contributed by atoms with Crippen molar-refractivity contribution in [3.05, 3.63) is 12.7 Å². The zero-order valence-corrected chi connectivity index (χ0v) is 12.2. The first kappa shape index (κ1) is 20.0. The molecule has 1 saturated carbocycles. The lowest BCUT2D eigenvalue weighted by Gasteiger charge is -2.05. The monoisotopic (exact) mass is 274 g/mol. The number of esters is 1. The van der Waals surface area contributed by atoms with Crippen LogP contribution in [0.1, 0.15) is 46.0 Å².